The molecule has 23 heavy (non-hydrogen) atoms. The number of aromatic nitrogens is 2. The van der Waals surface area contributed by atoms with Crippen LogP contribution in [0.25, 0.3) is 11.5 Å². The van der Waals surface area contributed by atoms with Crippen molar-refractivity contribution in [3.63, 3.8) is 0 Å². The molecule has 1 fully saturated rings. The lowest BCUT2D eigenvalue weighted by molar-refractivity contribution is 0.0155. The number of piperidine rings is 1. The van der Waals surface area contributed by atoms with Gasteiger partial charge in [-0.1, -0.05) is 31.5 Å². The van der Waals surface area contributed by atoms with Crippen LogP contribution in [-0.2, 0) is 6.54 Å². The second-order valence-corrected chi connectivity index (χ2v) is 6.33. The van der Waals surface area contributed by atoms with Crippen LogP contribution in [0.5, 0.6) is 0 Å². The number of likely N-dealkylation sites (tertiary alicyclic amines) is 1. The number of rotatable bonds is 5. The van der Waals surface area contributed by atoms with Gasteiger partial charge in [-0.05, 0) is 44.4 Å². The van der Waals surface area contributed by atoms with Crippen molar-refractivity contribution in [2.45, 2.75) is 58.2 Å². The van der Waals surface area contributed by atoms with Gasteiger partial charge in [0, 0.05) is 11.6 Å². The van der Waals surface area contributed by atoms with Crippen LogP contribution in [0.2, 0.25) is 0 Å². The van der Waals surface area contributed by atoms with Crippen molar-refractivity contribution in [1.82, 2.24) is 15.1 Å². The van der Waals surface area contributed by atoms with E-state index in [9.17, 15) is 5.11 Å². The Bertz CT molecular complexity index is 641. The van der Waals surface area contributed by atoms with Gasteiger partial charge in [0.05, 0.1) is 12.6 Å². The predicted molar refractivity (Wildman–Crippen MR) is 88.8 cm³/mol. The molecule has 2 heterocycles. The van der Waals surface area contributed by atoms with Crippen molar-refractivity contribution in [3.8, 4) is 11.5 Å². The first kappa shape index (κ1) is 16.1. The maximum Gasteiger partial charge on any atom is 0.248 e. The van der Waals surface area contributed by atoms with Crippen LogP contribution in [-0.4, -0.2) is 38.9 Å². The number of hydrogen-bond acceptors (Lipinski definition) is 5. The minimum atomic E-state index is -0.283. The van der Waals surface area contributed by atoms with E-state index in [1.165, 1.54) is 6.42 Å². The van der Waals surface area contributed by atoms with Gasteiger partial charge < -0.3 is 9.52 Å². The summed E-state index contributed by atoms with van der Waals surface area (Å²) in [5.41, 5.74) is 2.11. The molecule has 2 atom stereocenters. The molecular weight excluding hydrogens is 290 g/mol. The number of benzene rings is 1. The van der Waals surface area contributed by atoms with Crippen molar-refractivity contribution < 1.29 is 9.52 Å². The van der Waals surface area contributed by atoms with E-state index in [2.05, 4.69) is 15.1 Å². The van der Waals surface area contributed by atoms with Crippen LogP contribution in [0.15, 0.2) is 28.7 Å². The Hall–Kier alpha value is -1.72. The van der Waals surface area contributed by atoms with E-state index in [1.54, 1.807) is 0 Å². The van der Waals surface area contributed by atoms with Crippen LogP contribution < -0.4 is 0 Å². The quantitative estimate of drug-likeness (QED) is 0.918. The van der Waals surface area contributed by atoms with Gasteiger partial charge in [-0.25, -0.2) is 0 Å². The van der Waals surface area contributed by atoms with Crippen LogP contribution in [0, 0.1) is 6.92 Å². The summed E-state index contributed by atoms with van der Waals surface area (Å²) in [6.07, 6.45) is 3.87. The van der Waals surface area contributed by atoms with Gasteiger partial charge in [0.25, 0.3) is 0 Å². The van der Waals surface area contributed by atoms with Gasteiger partial charge in [-0.2, -0.15) is 0 Å². The number of aryl methyl sites for hydroxylation is 1. The summed E-state index contributed by atoms with van der Waals surface area (Å²) < 4.78 is 5.87. The molecule has 0 bridgehead atoms. The van der Waals surface area contributed by atoms with Crippen molar-refractivity contribution in [1.29, 1.82) is 0 Å². The largest absolute Gasteiger partial charge is 0.419 e. The summed E-state index contributed by atoms with van der Waals surface area (Å²) in [6.45, 7) is 5.66. The molecule has 2 unspecified atom stereocenters. The van der Waals surface area contributed by atoms with Crippen molar-refractivity contribution >= 4 is 0 Å². The lowest BCUT2D eigenvalue weighted by Crippen LogP contribution is -2.46. The summed E-state index contributed by atoms with van der Waals surface area (Å²) >= 11 is 0. The van der Waals surface area contributed by atoms with E-state index < -0.39 is 0 Å². The molecule has 1 aromatic carbocycles. The second-order valence-electron chi connectivity index (χ2n) is 6.33. The van der Waals surface area contributed by atoms with Crippen molar-refractivity contribution in [2.24, 2.45) is 0 Å². The fourth-order valence-corrected chi connectivity index (χ4v) is 3.33. The minimum Gasteiger partial charge on any atom is -0.419 e. The fourth-order valence-electron chi connectivity index (χ4n) is 3.33. The average molecular weight is 315 g/mol. The Morgan fingerprint density at radius 1 is 1.30 bits per heavy atom. The zero-order chi connectivity index (χ0) is 16.2. The van der Waals surface area contributed by atoms with Gasteiger partial charge in [0.15, 0.2) is 0 Å². The molecule has 0 aliphatic carbocycles. The highest BCUT2D eigenvalue weighted by Crippen LogP contribution is 2.25. The second kappa shape index (κ2) is 7.23. The topological polar surface area (TPSA) is 62.4 Å². The van der Waals surface area contributed by atoms with Gasteiger partial charge in [-0.15, -0.1) is 10.2 Å². The standard InChI is InChI=1S/C18H25N3O2/c1-3-16(22)15-10-6-7-11-21(15)12-17-19-20-18(23-17)14-9-5-4-8-13(14)2/h4-5,8-9,15-16,22H,3,6-7,10-12H2,1-2H3. The molecule has 5 nitrogen and oxygen atoms in total. The summed E-state index contributed by atoms with van der Waals surface area (Å²) in [4.78, 5) is 2.28. The maximum absolute atomic E-state index is 10.2. The smallest absolute Gasteiger partial charge is 0.248 e. The first-order chi connectivity index (χ1) is 11.2. The average Bonchev–Trinajstić information content (AvgIpc) is 3.03. The lowest BCUT2D eigenvalue weighted by atomic mass is 9.96. The number of aliphatic hydroxyl groups is 1. The van der Waals surface area contributed by atoms with Gasteiger partial charge in [0.1, 0.15) is 0 Å². The Morgan fingerprint density at radius 2 is 2.13 bits per heavy atom. The normalized spacial score (nSPS) is 20.6. The third-order valence-electron chi connectivity index (χ3n) is 4.71. The summed E-state index contributed by atoms with van der Waals surface area (Å²) in [7, 11) is 0. The van der Waals surface area contributed by atoms with Gasteiger partial charge in [-0.3, -0.25) is 4.90 Å². The molecule has 1 aliphatic rings. The molecule has 1 N–H and O–H groups in total. The van der Waals surface area contributed by atoms with E-state index in [1.807, 2.05) is 38.1 Å². The molecule has 0 saturated carbocycles. The molecular formula is C18H25N3O2. The fraction of sp³-hybridized carbons (Fsp3) is 0.556. The molecule has 1 aliphatic heterocycles. The monoisotopic (exact) mass is 315 g/mol. The zero-order valence-electron chi connectivity index (χ0n) is 13.9. The lowest BCUT2D eigenvalue weighted by Gasteiger charge is -2.37. The molecule has 1 saturated heterocycles. The van der Waals surface area contributed by atoms with Gasteiger partial charge >= 0.3 is 0 Å². The SMILES string of the molecule is CCC(O)C1CCCCN1Cc1nnc(-c2ccccc2C)o1. The van der Waals surface area contributed by atoms with Crippen LogP contribution in [0.3, 0.4) is 0 Å². The molecule has 5 heteroatoms. The molecule has 2 aromatic rings. The molecule has 0 amide bonds. The molecule has 0 radical (unpaired) electrons. The third-order valence-corrected chi connectivity index (χ3v) is 4.71. The van der Waals surface area contributed by atoms with E-state index in [0.717, 1.165) is 36.9 Å². The summed E-state index contributed by atoms with van der Waals surface area (Å²) in [6, 6.07) is 8.21. The minimum absolute atomic E-state index is 0.197. The van der Waals surface area contributed by atoms with Crippen LogP contribution in [0.1, 0.15) is 44.1 Å². The highest BCUT2D eigenvalue weighted by atomic mass is 16.4. The first-order valence-corrected chi connectivity index (χ1v) is 8.49. The first-order valence-electron chi connectivity index (χ1n) is 8.49. The van der Waals surface area contributed by atoms with Gasteiger partial charge in [0.2, 0.25) is 11.8 Å². The highest BCUT2D eigenvalue weighted by Gasteiger charge is 2.29. The Morgan fingerprint density at radius 3 is 2.91 bits per heavy atom. The summed E-state index contributed by atoms with van der Waals surface area (Å²) in [5, 5.41) is 18.6. The summed E-state index contributed by atoms with van der Waals surface area (Å²) in [5.74, 6) is 1.20. The Balaban J connectivity index is 1.74. The molecule has 1 aromatic heterocycles. The predicted octanol–water partition coefficient (Wildman–Crippen LogP) is 3.17. The Kier molecular flexibility index (Phi) is 5.08. The van der Waals surface area contributed by atoms with E-state index in [4.69, 9.17) is 4.42 Å². The molecule has 3 rings (SSSR count). The molecule has 124 valence electrons. The molecule has 0 spiro atoms. The van der Waals surface area contributed by atoms with Crippen molar-refractivity contribution in [3.05, 3.63) is 35.7 Å². The highest BCUT2D eigenvalue weighted by molar-refractivity contribution is 5.57. The van der Waals surface area contributed by atoms with E-state index in [0.29, 0.717) is 18.3 Å². The maximum atomic E-state index is 10.2. The third kappa shape index (κ3) is 3.62. The Labute approximate surface area is 137 Å². The number of hydrogen-bond donors (Lipinski definition) is 1. The van der Waals surface area contributed by atoms with Crippen LogP contribution >= 0.6 is 0 Å². The number of nitrogens with zero attached hydrogens (tertiary/aromatic N) is 3. The van der Waals surface area contributed by atoms with E-state index in [-0.39, 0.29) is 12.1 Å². The van der Waals surface area contributed by atoms with Crippen LogP contribution in [0.4, 0.5) is 0 Å². The number of aliphatic hydroxyl groups excluding tert-OH is 1. The zero-order valence-corrected chi connectivity index (χ0v) is 13.9. The van der Waals surface area contributed by atoms with E-state index >= 15 is 0 Å². The van der Waals surface area contributed by atoms with Crippen molar-refractivity contribution in [2.75, 3.05) is 6.54 Å².